The highest BCUT2D eigenvalue weighted by Crippen LogP contribution is 2.43. The minimum absolute atomic E-state index is 0.872. The Morgan fingerprint density at radius 2 is 0.945 bits per heavy atom. The fraction of sp³-hybridized carbons (Fsp3) is 0. The molecule has 0 aliphatic heterocycles. The molecule has 254 valence electrons. The van der Waals surface area contributed by atoms with Crippen LogP contribution in [0.25, 0.3) is 121 Å². The van der Waals surface area contributed by atoms with Crippen molar-refractivity contribution in [2.75, 3.05) is 0 Å². The van der Waals surface area contributed by atoms with Crippen molar-refractivity contribution in [3.8, 4) is 33.8 Å². The highest BCUT2D eigenvalue weighted by molar-refractivity contribution is 6.28. The lowest BCUT2D eigenvalue weighted by Crippen LogP contribution is -1.94. The molecule has 4 aromatic heterocycles. The highest BCUT2D eigenvalue weighted by atomic mass is 16.3. The number of furan rings is 1. The lowest BCUT2D eigenvalue weighted by atomic mass is 9.90. The van der Waals surface area contributed by atoms with Gasteiger partial charge in [0, 0.05) is 49.0 Å². The summed E-state index contributed by atoms with van der Waals surface area (Å²) in [5, 5.41) is 12.3. The van der Waals surface area contributed by atoms with E-state index < -0.39 is 0 Å². The number of hydrogen-bond donors (Lipinski definition) is 0. The van der Waals surface area contributed by atoms with Gasteiger partial charge in [-0.05, 0) is 69.4 Å². The first-order valence-electron chi connectivity index (χ1n) is 18.6. The summed E-state index contributed by atoms with van der Waals surface area (Å²) in [6.07, 6.45) is 0. The maximum Gasteiger partial charge on any atom is 0.136 e. The van der Waals surface area contributed by atoms with Crippen LogP contribution in [0.2, 0.25) is 0 Å². The van der Waals surface area contributed by atoms with Gasteiger partial charge in [-0.1, -0.05) is 133 Å². The van der Waals surface area contributed by atoms with Crippen molar-refractivity contribution in [1.29, 1.82) is 0 Å². The van der Waals surface area contributed by atoms with Crippen molar-refractivity contribution in [1.82, 2.24) is 15.0 Å². The van der Waals surface area contributed by atoms with Gasteiger partial charge in [0.2, 0.25) is 0 Å². The Bertz CT molecular complexity index is 3550. The third-order valence-corrected chi connectivity index (χ3v) is 11.2. The normalized spacial score (nSPS) is 12.0. The molecular formula is C51H29N3O. The van der Waals surface area contributed by atoms with Crippen LogP contribution in [0.3, 0.4) is 0 Å². The number of benzene rings is 8. The molecule has 0 unspecified atom stereocenters. The van der Waals surface area contributed by atoms with E-state index in [0.717, 1.165) is 110 Å². The summed E-state index contributed by atoms with van der Waals surface area (Å²) in [7, 11) is 0. The summed E-state index contributed by atoms with van der Waals surface area (Å²) in [6.45, 7) is 0. The second-order valence-corrected chi connectivity index (χ2v) is 14.3. The maximum absolute atomic E-state index is 6.32. The van der Waals surface area contributed by atoms with Gasteiger partial charge in [-0.25, -0.2) is 15.0 Å². The molecule has 4 heterocycles. The Balaban J connectivity index is 1.12. The van der Waals surface area contributed by atoms with Crippen LogP contribution in [0, 0.1) is 0 Å². The van der Waals surface area contributed by atoms with E-state index in [1.807, 2.05) is 18.2 Å². The summed E-state index contributed by atoms with van der Waals surface area (Å²) in [5.74, 6) is 0. The number of rotatable bonds is 3. The first kappa shape index (κ1) is 30.1. The molecule has 55 heavy (non-hydrogen) atoms. The molecule has 0 radical (unpaired) electrons. The first-order valence-corrected chi connectivity index (χ1v) is 18.6. The average Bonchev–Trinajstić information content (AvgIpc) is 3.64. The second kappa shape index (κ2) is 11.5. The number of para-hydroxylation sites is 1. The van der Waals surface area contributed by atoms with Gasteiger partial charge in [-0.15, -0.1) is 0 Å². The molecule has 0 bridgehead atoms. The lowest BCUT2D eigenvalue weighted by molar-refractivity contribution is 0.669. The highest BCUT2D eigenvalue weighted by Gasteiger charge is 2.20. The van der Waals surface area contributed by atoms with Crippen molar-refractivity contribution < 1.29 is 4.42 Å². The van der Waals surface area contributed by atoms with E-state index in [0.29, 0.717) is 0 Å². The molecule has 0 aliphatic rings. The topological polar surface area (TPSA) is 51.8 Å². The Labute approximate surface area is 315 Å². The van der Waals surface area contributed by atoms with Gasteiger partial charge in [-0.3, -0.25) is 0 Å². The maximum atomic E-state index is 6.32. The van der Waals surface area contributed by atoms with Gasteiger partial charge in [0.1, 0.15) is 11.2 Å². The van der Waals surface area contributed by atoms with Crippen LogP contribution in [0.4, 0.5) is 0 Å². The van der Waals surface area contributed by atoms with Crippen LogP contribution in [0.1, 0.15) is 0 Å². The van der Waals surface area contributed by atoms with Crippen molar-refractivity contribution >= 4 is 87.0 Å². The van der Waals surface area contributed by atoms with E-state index in [-0.39, 0.29) is 0 Å². The summed E-state index contributed by atoms with van der Waals surface area (Å²) < 4.78 is 6.32. The first-order chi connectivity index (χ1) is 27.2. The quantitative estimate of drug-likeness (QED) is 0.136. The molecule has 4 nitrogen and oxygen atoms in total. The predicted molar refractivity (Wildman–Crippen MR) is 228 cm³/mol. The number of hydrogen-bond acceptors (Lipinski definition) is 4. The monoisotopic (exact) mass is 699 g/mol. The van der Waals surface area contributed by atoms with Crippen LogP contribution in [-0.2, 0) is 0 Å². The van der Waals surface area contributed by atoms with E-state index in [1.165, 1.54) is 10.8 Å². The Morgan fingerprint density at radius 1 is 0.345 bits per heavy atom. The molecule has 0 amide bonds. The van der Waals surface area contributed by atoms with E-state index in [9.17, 15) is 0 Å². The zero-order valence-electron chi connectivity index (χ0n) is 29.5. The van der Waals surface area contributed by atoms with Crippen LogP contribution in [-0.4, -0.2) is 15.0 Å². The number of pyridine rings is 3. The van der Waals surface area contributed by atoms with Gasteiger partial charge in [0.25, 0.3) is 0 Å². The van der Waals surface area contributed by atoms with Crippen molar-refractivity contribution in [3.63, 3.8) is 0 Å². The molecule has 12 aromatic rings. The largest absolute Gasteiger partial charge is 0.456 e. The molecule has 0 N–H and O–H groups in total. The summed E-state index contributed by atoms with van der Waals surface area (Å²) in [4.78, 5) is 16.1. The lowest BCUT2D eigenvalue weighted by Gasteiger charge is -2.16. The fourth-order valence-corrected chi connectivity index (χ4v) is 8.61. The molecule has 0 fully saturated rings. The van der Waals surface area contributed by atoms with Crippen LogP contribution >= 0.6 is 0 Å². The summed E-state index contributed by atoms with van der Waals surface area (Å²) >= 11 is 0. The Kier molecular flexibility index (Phi) is 6.31. The van der Waals surface area contributed by atoms with Crippen molar-refractivity contribution in [3.05, 3.63) is 176 Å². The zero-order chi connectivity index (χ0) is 36.0. The number of fused-ring (bicyclic) bond motifs is 12. The molecule has 0 saturated heterocycles. The minimum Gasteiger partial charge on any atom is -0.456 e. The summed E-state index contributed by atoms with van der Waals surface area (Å²) in [6, 6.07) is 61.9. The van der Waals surface area contributed by atoms with Crippen LogP contribution in [0.15, 0.2) is 180 Å². The molecule has 12 rings (SSSR count). The summed E-state index contributed by atoms with van der Waals surface area (Å²) in [5.41, 5.74) is 10.5. The molecule has 0 aliphatic carbocycles. The second-order valence-electron chi connectivity index (χ2n) is 14.3. The van der Waals surface area contributed by atoms with Crippen LogP contribution < -0.4 is 0 Å². The van der Waals surface area contributed by atoms with E-state index in [4.69, 9.17) is 19.4 Å². The van der Waals surface area contributed by atoms with E-state index in [2.05, 4.69) is 158 Å². The smallest absolute Gasteiger partial charge is 0.136 e. The van der Waals surface area contributed by atoms with Gasteiger partial charge < -0.3 is 4.42 Å². The standard InChI is InChI=1S/C51H29N3O/c1-2-10-30(11-3-1)42-24-20-31-18-19-32-21-25-43(53-50(32)49(31)52-42)35-22-23-38(41-29-34-13-5-4-12-33(34)28-40(35)41)51-37-15-7-6-14-36(37)47-44(54-51)26-27-46-48(47)39-16-8-9-17-45(39)55-46/h1-29H. The molecule has 4 heteroatoms. The van der Waals surface area contributed by atoms with Gasteiger partial charge in [0.15, 0.2) is 0 Å². The predicted octanol–water partition coefficient (Wildman–Crippen LogP) is 13.7. The van der Waals surface area contributed by atoms with Gasteiger partial charge in [-0.2, -0.15) is 0 Å². The van der Waals surface area contributed by atoms with Gasteiger partial charge in [0.05, 0.1) is 33.6 Å². The SMILES string of the molecule is c1ccc(-c2ccc3ccc4ccc(-c5ccc(-c6nc7ccc8oc9ccccc9c8c7c7ccccc67)c6cc7ccccc7cc56)nc4c3n2)cc1. The molecule has 0 saturated carbocycles. The Morgan fingerprint density at radius 3 is 1.73 bits per heavy atom. The van der Waals surface area contributed by atoms with Crippen molar-refractivity contribution in [2.24, 2.45) is 0 Å². The number of aromatic nitrogens is 3. The molecule has 8 aromatic carbocycles. The average molecular weight is 700 g/mol. The third kappa shape index (κ3) is 4.55. The van der Waals surface area contributed by atoms with Crippen LogP contribution in [0.5, 0.6) is 0 Å². The van der Waals surface area contributed by atoms with E-state index >= 15 is 0 Å². The number of nitrogens with zero attached hydrogens (tertiary/aromatic N) is 3. The van der Waals surface area contributed by atoms with Crippen molar-refractivity contribution in [2.45, 2.75) is 0 Å². The Hall–Kier alpha value is -7.43. The molecular weight excluding hydrogens is 671 g/mol. The van der Waals surface area contributed by atoms with Gasteiger partial charge >= 0.3 is 0 Å². The van der Waals surface area contributed by atoms with E-state index in [1.54, 1.807) is 0 Å². The zero-order valence-corrected chi connectivity index (χ0v) is 29.5. The third-order valence-electron chi connectivity index (χ3n) is 11.2. The molecule has 0 spiro atoms. The minimum atomic E-state index is 0.872. The fourth-order valence-electron chi connectivity index (χ4n) is 8.61. The molecule has 0 atom stereocenters.